The van der Waals surface area contributed by atoms with Crippen LogP contribution in [0.4, 0.5) is 4.79 Å². The lowest BCUT2D eigenvalue weighted by Gasteiger charge is -2.06. The number of nitrogens with one attached hydrogen (secondary N) is 1. The summed E-state index contributed by atoms with van der Waals surface area (Å²) >= 11 is 0. The van der Waals surface area contributed by atoms with Crippen LogP contribution in [0.1, 0.15) is 39.5 Å². The van der Waals surface area contributed by atoms with Gasteiger partial charge in [0.15, 0.2) is 5.96 Å². The number of rotatable bonds is 10. The second-order valence-electron chi connectivity index (χ2n) is 5.32. The zero-order valence-corrected chi connectivity index (χ0v) is 14.5. The Kier molecular flexibility index (Phi) is 14.4. The molecule has 10 heteroatoms. The maximum Gasteiger partial charge on any atom is 0.312 e. The van der Waals surface area contributed by atoms with Crippen molar-refractivity contribution in [2.45, 2.75) is 51.6 Å². The van der Waals surface area contributed by atoms with Gasteiger partial charge in [-0.15, -0.1) is 0 Å². The van der Waals surface area contributed by atoms with Crippen molar-refractivity contribution in [1.29, 1.82) is 0 Å². The zero-order valence-electron chi connectivity index (χ0n) is 14.5. The van der Waals surface area contributed by atoms with Gasteiger partial charge in [0.1, 0.15) is 11.6 Å². The maximum atomic E-state index is 10.7. The minimum Gasteiger partial charge on any atom is -0.370 e. The minimum atomic E-state index is -0.550. The Bertz CT molecular complexity index is 423. The van der Waals surface area contributed by atoms with Crippen LogP contribution in [0.25, 0.3) is 0 Å². The molecule has 0 aliphatic heterocycles. The molecule has 0 rings (SSSR count). The molecular weight excluding hydrogens is 314 g/mol. The number of hydrogen-bond donors (Lipinski definition) is 6. The molecule has 0 aliphatic rings. The third-order valence-electron chi connectivity index (χ3n) is 3.00. The van der Waals surface area contributed by atoms with Gasteiger partial charge in [-0.3, -0.25) is 14.6 Å². The molecule has 0 aromatic heterocycles. The SMILES string of the molecule is CC(=O)C(N)CCCN=C(N)N.CC(=O)[C@@H](N)CCCNC(N)=O. The van der Waals surface area contributed by atoms with Gasteiger partial charge in [-0.25, -0.2) is 4.79 Å². The number of Topliss-reactive ketones (excluding diaryl/α,β-unsaturated/α-hetero) is 2. The number of nitrogens with zero attached hydrogens (tertiary/aromatic N) is 1. The van der Waals surface area contributed by atoms with Gasteiger partial charge in [0.25, 0.3) is 0 Å². The minimum absolute atomic E-state index is 0.000278. The summed E-state index contributed by atoms with van der Waals surface area (Å²) in [5.41, 5.74) is 25.9. The van der Waals surface area contributed by atoms with Gasteiger partial charge in [-0.1, -0.05) is 0 Å². The molecule has 0 saturated carbocycles. The van der Waals surface area contributed by atoms with E-state index in [0.29, 0.717) is 32.4 Å². The van der Waals surface area contributed by atoms with Crippen LogP contribution >= 0.6 is 0 Å². The van der Waals surface area contributed by atoms with Crippen molar-refractivity contribution in [2.75, 3.05) is 13.1 Å². The summed E-state index contributed by atoms with van der Waals surface area (Å²) in [7, 11) is 0. The lowest BCUT2D eigenvalue weighted by molar-refractivity contribution is -0.119. The smallest absolute Gasteiger partial charge is 0.312 e. The first-order valence-electron chi connectivity index (χ1n) is 7.68. The largest absolute Gasteiger partial charge is 0.370 e. The van der Waals surface area contributed by atoms with Gasteiger partial charge < -0.3 is 34.0 Å². The quantitative estimate of drug-likeness (QED) is 0.154. The van der Waals surface area contributed by atoms with Crippen molar-refractivity contribution in [3.63, 3.8) is 0 Å². The zero-order chi connectivity index (χ0) is 19.1. The Morgan fingerprint density at radius 1 is 0.917 bits per heavy atom. The highest BCUT2D eigenvalue weighted by atomic mass is 16.2. The predicted molar refractivity (Wildman–Crippen MR) is 94.0 cm³/mol. The topological polar surface area (TPSA) is 206 Å². The van der Waals surface area contributed by atoms with Gasteiger partial charge in [0, 0.05) is 13.1 Å². The number of amides is 2. The van der Waals surface area contributed by atoms with E-state index in [9.17, 15) is 14.4 Å². The summed E-state index contributed by atoms with van der Waals surface area (Å²) in [5.74, 6) is 0.0418. The Hall–Kier alpha value is -2.20. The van der Waals surface area contributed by atoms with Crippen molar-refractivity contribution in [1.82, 2.24) is 5.32 Å². The molecule has 0 bridgehead atoms. The van der Waals surface area contributed by atoms with Crippen LogP contribution < -0.4 is 34.0 Å². The molecule has 0 spiro atoms. The molecule has 0 saturated heterocycles. The van der Waals surface area contributed by atoms with Gasteiger partial charge >= 0.3 is 6.03 Å². The molecule has 10 nitrogen and oxygen atoms in total. The number of aliphatic imine (C=N–C) groups is 1. The first kappa shape index (κ1) is 24.1. The number of primary amides is 1. The van der Waals surface area contributed by atoms with Crippen LogP contribution in [0.3, 0.4) is 0 Å². The van der Waals surface area contributed by atoms with E-state index in [-0.39, 0.29) is 23.6 Å². The molecule has 140 valence electrons. The summed E-state index contributed by atoms with van der Waals surface area (Å²) in [6.45, 7) is 3.93. The average Bonchev–Trinajstić information content (AvgIpc) is 2.47. The fraction of sp³-hybridized carbons (Fsp3) is 0.714. The molecule has 0 aromatic rings. The molecule has 0 radical (unpaired) electrons. The van der Waals surface area contributed by atoms with Crippen LogP contribution in [0.5, 0.6) is 0 Å². The fourth-order valence-electron chi connectivity index (χ4n) is 1.46. The molecular formula is C14H31N7O3. The summed E-state index contributed by atoms with van der Waals surface area (Å²) in [6, 6.07) is -1.34. The fourth-order valence-corrected chi connectivity index (χ4v) is 1.46. The maximum absolute atomic E-state index is 10.7. The standard InChI is InChI=1S/C7H16N4O.C7H15N3O2/c1-5(12)6(8)3-2-4-11-7(9)10;1-5(11)6(8)3-2-4-10-7(9)12/h6H,2-4,8H2,1H3,(H4,9,10,11);6H,2-4,8H2,1H3,(H3,9,10,12)/t;6-/m.0/s1. The second kappa shape index (κ2) is 14.4. The molecule has 2 amide bonds. The second-order valence-corrected chi connectivity index (χ2v) is 5.32. The average molecular weight is 345 g/mol. The predicted octanol–water partition coefficient (Wildman–Crippen LogP) is -1.69. The summed E-state index contributed by atoms with van der Waals surface area (Å²) in [5, 5.41) is 2.41. The van der Waals surface area contributed by atoms with E-state index in [2.05, 4.69) is 10.3 Å². The monoisotopic (exact) mass is 345 g/mol. The van der Waals surface area contributed by atoms with Crippen LogP contribution in [0.2, 0.25) is 0 Å². The molecule has 0 heterocycles. The number of guanidine groups is 1. The lowest BCUT2D eigenvalue weighted by atomic mass is 10.1. The van der Waals surface area contributed by atoms with Crippen molar-refractivity contribution < 1.29 is 14.4 Å². The number of hydrogen-bond acceptors (Lipinski definition) is 6. The van der Waals surface area contributed by atoms with Gasteiger partial charge in [-0.2, -0.15) is 0 Å². The highest BCUT2D eigenvalue weighted by molar-refractivity contribution is 5.81. The first-order valence-corrected chi connectivity index (χ1v) is 7.68. The van der Waals surface area contributed by atoms with Crippen molar-refractivity contribution in [2.24, 2.45) is 33.7 Å². The number of carbonyl (C=O) groups excluding carboxylic acids is 3. The highest BCUT2D eigenvalue weighted by Gasteiger charge is 2.07. The van der Waals surface area contributed by atoms with Crippen molar-refractivity contribution in [3.05, 3.63) is 0 Å². The van der Waals surface area contributed by atoms with Gasteiger partial charge in [-0.05, 0) is 39.5 Å². The van der Waals surface area contributed by atoms with E-state index in [0.717, 1.165) is 6.42 Å². The molecule has 11 N–H and O–H groups in total. The van der Waals surface area contributed by atoms with E-state index in [1.54, 1.807) is 0 Å². The lowest BCUT2D eigenvalue weighted by Crippen LogP contribution is -2.33. The van der Waals surface area contributed by atoms with Gasteiger partial charge in [0.05, 0.1) is 12.1 Å². The molecule has 0 aromatic carbocycles. The summed E-state index contributed by atoms with van der Waals surface area (Å²) in [6.07, 6.45) is 2.62. The Morgan fingerprint density at radius 2 is 1.38 bits per heavy atom. The molecule has 0 aliphatic carbocycles. The number of carbonyl (C=O) groups is 3. The van der Waals surface area contributed by atoms with Gasteiger partial charge in [0.2, 0.25) is 0 Å². The summed E-state index contributed by atoms with van der Waals surface area (Å²) in [4.78, 5) is 35.2. The molecule has 24 heavy (non-hydrogen) atoms. The number of nitrogens with two attached hydrogens (primary N) is 5. The third-order valence-corrected chi connectivity index (χ3v) is 3.00. The van der Waals surface area contributed by atoms with E-state index in [1.807, 2.05) is 0 Å². The Labute approximate surface area is 142 Å². The third kappa shape index (κ3) is 17.9. The van der Waals surface area contributed by atoms with Crippen LogP contribution in [0.15, 0.2) is 4.99 Å². The van der Waals surface area contributed by atoms with E-state index < -0.39 is 12.1 Å². The van der Waals surface area contributed by atoms with E-state index >= 15 is 0 Å². The number of urea groups is 1. The number of ketones is 2. The first-order chi connectivity index (χ1) is 11.1. The Morgan fingerprint density at radius 3 is 1.75 bits per heavy atom. The van der Waals surface area contributed by atoms with Crippen molar-refractivity contribution >= 4 is 23.6 Å². The van der Waals surface area contributed by atoms with Crippen molar-refractivity contribution in [3.8, 4) is 0 Å². The molecule has 2 atom stereocenters. The molecule has 1 unspecified atom stereocenters. The van der Waals surface area contributed by atoms with E-state index in [1.165, 1.54) is 13.8 Å². The Balaban J connectivity index is 0. The van der Waals surface area contributed by atoms with E-state index in [4.69, 9.17) is 28.7 Å². The van der Waals surface area contributed by atoms with Crippen LogP contribution in [0, 0.1) is 0 Å². The normalized spacial score (nSPS) is 12.2. The van der Waals surface area contributed by atoms with Crippen LogP contribution in [-0.2, 0) is 9.59 Å². The summed E-state index contributed by atoms with van der Waals surface area (Å²) < 4.78 is 0. The van der Waals surface area contributed by atoms with Crippen LogP contribution in [-0.4, -0.2) is 48.7 Å². The molecule has 0 fully saturated rings. The highest BCUT2D eigenvalue weighted by Crippen LogP contribution is 1.95.